The normalized spacial score (nSPS) is 9.69. The van der Waals surface area contributed by atoms with Gasteiger partial charge in [-0.05, 0) is 0 Å². The van der Waals surface area contributed by atoms with Gasteiger partial charge in [-0.2, -0.15) is 5.10 Å². The standard InChI is InChI=1S/C8H12N2O3/c1-10-6-7(5-9-10)13-4-3-8(11)12-2/h5-6H,3-4H2,1-2H3. The molecular formula is C8H12N2O3. The average molecular weight is 184 g/mol. The number of aryl methyl sites for hydroxylation is 1. The fourth-order valence-corrected chi connectivity index (χ4v) is 0.828. The van der Waals surface area contributed by atoms with Crippen molar-refractivity contribution in [2.75, 3.05) is 13.7 Å². The van der Waals surface area contributed by atoms with Crippen molar-refractivity contribution in [3.63, 3.8) is 0 Å². The van der Waals surface area contributed by atoms with Crippen LogP contribution in [0, 0.1) is 0 Å². The highest BCUT2D eigenvalue weighted by molar-refractivity contribution is 5.69. The molecule has 0 aromatic carbocycles. The van der Waals surface area contributed by atoms with Crippen LogP contribution < -0.4 is 4.74 Å². The molecule has 5 nitrogen and oxygen atoms in total. The lowest BCUT2D eigenvalue weighted by Gasteiger charge is -2.00. The average Bonchev–Trinajstić information content (AvgIpc) is 2.51. The Bertz CT molecular complexity index is 283. The molecule has 0 bridgehead atoms. The molecule has 0 amide bonds. The van der Waals surface area contributed by atoms with Gasteiger partial charge in [0.1, 0.15) is 0 Å². The summed E-state index contributed by atoms with van der Waals surface area (Å²) in [7, 11) is 3.15. The van der Waals surface area contributed by atoms with Crippen LogP contribution in [0.4, 0.5) is 0 Å². The smallest absolute Gasteiger partial charge is 0.308 e. The molecule has 1 rings (SSSR count). The van der Waals surface area contributed by atoms with Gasteiger partial charge >= 0.3 is 5.97 Å². The first-order valence-electron chi connectivity index (χ1n) is 3.90. The minimum atomic E-state index is -0.274. The Morgan fingerprint density at radius 1 is 1.69 bits per heavy atom. The summed E-state index contributed by atoms with van der Waals surface area (Å²) in [5, 5.41) is 3.91. The molecule has 13 heavy (non-hydrogen) atoms. The third-order valence-electron chi connectivity index (χ3n) is 1.48. The number of rotatable bonds is 4. The first-order valence-corrected chi connectivity index (χ1v) is 3.90. The maximum absolute atomic E-state index is 10.7. The van der Waals surface area contributed by atoms with E-state index >= 15 is 0 Å². The number of aromatic nitrogens is 2. The van der Waals surface area contributed by atoms with Gasteiger partial charge < -0.3 is 9.47 Å². The van der Waals surface area contributed by atoms with Crippen LogP contribution in [-0.2, 0) is 16.6 Å². The number of hydrogen-bond donors (Lipinski definition) is 0. The zero-order chi connectivity index (χ0) is 9.68. The first kappa shape index (κ1) is 9.57. The van der Waals surface area contributed by atoms with E-state index in [1.165, 1.54) is 7.11 Å². The summed E-state index contributed by atoms with van der Waals surface area (Å²) in [6.45, 7) is 0.318. The SMILES string of the molecule is COC(=O)CCOc1cnn(C)c1. The van der Waals surface area contributed by atoms with Crippen molar-refractivity contribution >= 4 is 5.97 Å². The molecule has 0 aliphatic rings. The molecule has 0 saturated carbocycles. The molecule has 0 radical (unpaired) electrons. The summed E-state index contributed by atoms with van der Waals surface area (Å²) in [5.74, 6) is 0.385. The van der Waals surface area contributed by atoms with E-state index in [2.05, 4.69) is 9.84 Å². The van der Waals surface area contributed by atoms with E-state index in [1.54, 1.807) is 24.1 Å². The zero-order valence-electron chi connectivity index (χ0n) is 7.69. The number of carbonyl (C=O) groups excluding carboxylic acids is 1. The minimum Gasteiger partial charge on any atom is -0.490 e. The molecule has 0 atom stereocenters. The monoisotopic (exact) mass is 184 g/mol. The number of methoxy groups -OCH3 is 1. The highest BCUT2D eigenvalue weighted by Crippen LogP contribution is 2.06. The molecule has 5 heteroatoms. The lowest BCUT2D eigenvalue weighted by Crippen LogP contribution is -2.07. The van der Waals surface area contributed by atoms with Crippen LogP contribution in [0.3, 0.4) is 0 Å². The predicted octanol–water partition coefficient (Wildman–Crippen LogP) is 0.362. The van der Waals surface area contributed by atoms with Crippen molar-refractivity contribution in [1.82, 2.24) is 9.78 Å². The summed E-state index contributed by atoms with van der Waals surface area (Å²) < 4.78 is 11.3. The van der Waals surface area contributed by atoms with Crippen molar-refractivity contribution in [3.05, 3.63) is 12.4 Å². The highest BCUT2D eigenvalue weighted by atomic mass is 16.5. The molecule has 0 unspecified atom stereocenters. The second kappa shape index (κ2) is 4.49. The van der Waals surface area contributed by atoms with Crippen molar-refractivity contribution < 1.29 is 14.3 Å². The Hall–Kier alpha value is -1.52. The number of ether oxygens (including phenoxy) is 2. The molecule has 72 valence electrons. The molecule has 1 heterocycles. The fraction of sp³-hybridized carbons (Fsp3) is 0.500. The van der Waals surface area contributed by atoms with Crippen LogP contribution in [0.5, 0.6) is 5.75 Å². The fourth-order valence-electron chi connectivity index (χ4n) is 0.828. The van der Waals surface area contributed by atoms with Crippen LogP contribution in [0.2, 0.25) is 0 Å². The quantitative estimate of drug-likeness (QED) is 0.634. The van der Waals surface area contributed by atoms with Gasteiger partial charge in [-0.25, -0.2) is 0 Å². The summed E-state index contributed by atoms with van der Waals surface area (Å²) in [5.41, 5.74) is 0. The lowest BCUT2D eigenvalue weighted by molar-refractivity contribution is -0.141. The zero-order valence-corrected chi connectivity index (χ0v) is 7.69. The highest BCUT2D eigenvalue weighted by Gasteiger charge is 2.01. The van der Waals surface area contributed by atoms with Gasteiger partial charge in [-0.1, -0.05) is 0 Å². The van der Waals surface area contributed by atoms with Gasteiger partial charge in [0, 0.05) is 7.05 Å². The maximum atomic E-state index is 10.7. The van der Waals surface area contributed by atoms with Gasteiger partial charge in [0.05, 0.1) is 32.5 Å². The van der Waals surface area contributed by atoms with Crippen molar-refractivity contribution in [2.24, 2.45) is 7.05 Å². The topological polar surface area (TPSA) is 53.4 Å². The van der Waals surface area contributed by atoms with Crippen molar-refractivity contribution in [1.29, 1.82) is 0 Å². The second-order valence-electron chi connectivity index (χ2n) is 2.52. The van der Waals surface area contributed by atoms with Crippen molar-refractivity contribution in [2.45, 2.75) is 6.42 Å². The van der Waals surface area contributed by atoms with E-state index in [0.29, 0.717) is 12.4 Å². The third kappa shape index (κ3) is 3.14. The summed E-state index contributed by atoms with van der Waals surface area (Å²) in [4.78, 5) is 10.7. The van der Waals surface area contributed by atoms with E-state index < -0.39 is 0 Å². The van der Waals surface area contributed by atoms with Gasteiger partial charge in [0.15, 0.2) is 5.75 Å². The first-order chi connectivity index (χ1) is 6.22. The molecule has 0 aliphatic heterocycles. The van der Waals surface area contributed by atoms with Gasteiger partial charge in [0.2, 0.25) is 0 Å². The molecule has 0 fully saturated rings. The van der Waals surface area contributed by atoms with E-state index in [-0.39, 0.29) is 12.4 Å². The Labute approximate surface area is 76.3 Å². The largest absolute Gasteiger partial charge is 0.490 e. The molecule has 0 saturated heterocycles. The van der Waals surface area contributed by atoms with Crippen LogP contribution in [0.15, 0.2) is 12.4 Å². The van der Waals surface area contributed by atoms with Crippen LogP contribution in [0.1, 0.15) is 6.42 Å². The van der Waals surface area contributed by atoms with E-state index in [9.17, 15) is 4.79 Å². The van der Waals surface area contributed by atoms with Crippen molar-refractivity contribution in [3.8, 4) is 5.75 Å². The van der Waals surface area contributed by atoms with E-state index in [4.69, 9.17) is 4.74 Å². The number of carbonyl (C=O) groups is 1. The summed E-state index contributed by atoms with van der Waals surface area (Å²) in [6.07, 6.45) is 3.58. The van der Waals surface area contributed by atoms with E-state index in [0.717, 1.165) is 0 Å². The molecule has 0 aliphatic carbocycles. The molecule has 1 aromatic heterocycles. The Balaban J connectivity index is 2.24. The second-order valence-corrected chi connectivity index (χ2v) is 2.52. The predicted molar refractivity (Wildman–Crippen MR) is 45.3 cm³/mol. The summed E-state index contributed by atoms with van der Waals surface area (Å²) >= 11 is 0. The number of esters is 1. The number of nitrogens with zero attached hydrogens (tertiary/aromatic N) is 2. The Morgan fingerprint density at radius 2 is 2.46 bits per heavy atom. The molecule has 1 aromatic rings. The van der Waals surface area contributed by atoms with Crippen LogP contribution in [-0.4, -0.2) is 29.5 Å². The third-order valence-corrected chi connectivity index (χ3v) is 1.48. The minimum absolute atomic E-state index is 0.255. The van der Waals surface area contributed by atoms with Crippen LogP contribution >= 0.6 is 0 Å². The van der Waals surface area contributed by atoms with Gasteiger partial charge in [0.25, 0.3) is 0 Å². The van der Waals surface area contributed by atoms with Gasteiger partial charge in [-0.3, -0.25) is 9.48 Å². The number of hydrogen-bond acceptors (Lipinski definition) is 4. The van der Waals surface area contributed by atoms with Crippen LogP contribution in [0.25, 0.3) is 0 Å². The Morgan fingerprint density at radius 3 is 3.00 bits per heavy atom. The van der Waals surface area contributed by atoms with E-state index in [1.807, 2.05) is 0 Å². The lowest BCUT2D eigenvalue weighted by atomic mass is 10.5. The molecule has 0 N–H and O–H groups in total. The maximum Gasteiger partial charge on any atom is 0.308 e. The Kier molecular flexibility index (Phi) is 3.31. The molecular weight excluding hydrogens is 172 g/mol. The van der Waals surface area contributed by atoms with Gasteiger partial charge in [-0.15, -0.1) is 0 Å². The summed E-state index contributed by atoms with van der Waals surface area (Å²) in [6, 6.07) is 0. The molecule has 0 spiro atoms.